The minimum atomic E-state index is -0.328. The van der Waals surface area contributed by atoms with E-state index < -0.39 is 0 Å². The van der Waals surface area contributed by atoms with Crippen LogP contribution < -0.4 is 10.1 Å². The Kier molecular flexibility index (Phi) is 3.26. The normalized spacial score (nSPS) is 19.6. The molecular weight excluding hydrogens is 304 g/mol. The number of halogens is 1. The first-order valence-electron chi connectivity index (χ1n) is 7.30. The van der Waals surface area contributed by atoms with Crippen LogP contribution in [0.5, 0.6) is 5.75 Å². The van der Waals surface area contributed by atoms with E-state index in [1.54, 1.807) is 24.5 Å². The fourth-order valence-corrected chi connectivity index (χ4v) is 2.92. The molecule has 4 rings (SSSR count). The molecule has 1 atom stereocenters. The van der Waals surface area contributed by atoms with Gasteiger partial charge in [0.15, 0.2) is 5.82 Å². The molecule has 0 bridgehead atoms. The number of benzene rings is 1. The Bertz CT molecular complexity index is 726. The summed E-state index contributed by atoms with van der Waals surface area (Å²) in [4.78, 5) is 12.4. The zero-order valence-corrected chi connectivity index (χ0v) is 12.6. The Hall–Kier alpha value is -2.08. The first kappa shape index (κ1) is 13.6. The smallest absolute Gasteiger partial charge is 0.231 e. The predicted molar refractivity (Wildman–Crippen MR) is 79.8 cm³/mol. The Morgan fingerprint density at radius 1 is 1.45 bits per heavy atom. The number of hydrogen-bond acceptors (Lipinski definition) is 4. The number of rotatable bonds is 4. The molecular formula is C15H15ClN4O2. The standard InChI is InChI=1S/C15H15ClN4O2/c16-9-1-4-13-11(5-9)12(7-22-13)15(21)17-6-14-19-18-8-20(14)10-2-3-10/h1,4-5,8,10,12H,2-3,6-7H2,(H,17,21). The van der Waals surface area contributed by atoms with Gasteiger partial charge in [0.1, 0.15) is 24.6 Å². The minimum Gasteiger partial charge on any atom is -0.492 e. The van der Waals surface area contributed by atoms with Crippen LogP contribution in [0, 0.1) is 0 Å². The molecule has 0 spiro atoms. The van der Waals surface area contributed by atoms with Crippen LogP contribution in [0.1, 0.15) is 36.2 Å². The van der Waals surface area contributed by atoms with E-state index >= 15 is 0 Å². The second kappa shape index (κ2) is 5.28. The number of fused-ring (bicyclic) bond motifs is 1. The molecule has 0 saturated heterocycles. The number of carbonyl (C=O) groups excluding carboxylic acids is 1. The van der Waals surface area contributed by atoms with E-state index in [-0.39, 0.29) is 11.8 Å². The quantitative estimate of drug-likeness (QED) is 0.937. The number of carbonyl (C=O) groups is 1. The second-order valence-electron chi connectivity index (χ2n) is 5.65. The Labute approximate surface area is 132 Å². The molecule has 1 amide bonds. The maximum atomic E-state index is 12.4. The van der Waals surface area contributed by atoms with Crippen molar-refractivity contribution in [2.24, 2.45) is 0 Å². The van der Waals surface area contributed by atoms with Crippen LogP contribution in [0.4, 0.5) is 0 Å². The highest BCUT2D eigenvalue weighted by Crippen LogP contribution is 2.36. The van der Waals surface area contributed by atoms with Crippen molar-refractivity contribution in [2.45, 2.75) is 31.3 Å². The molecule has 0 radical (unpaired) electrons. The van der Waals surface area contributed by atoms with Crippen LogP contribution in [0.25, 0.3) is 0 Å². The van der Waals surface area contributed by atoms with Crippen molar-refractivity contribution >= 4 is 17.5 Å². The van der Waals surface area contributed by atoms with Gasteiger partial charge in [0.25, 0.3) is 0 Å². The fraction of sp³-hybridized carbons (Fsp3) is 0.400. The Morgan fingerprint density at radius 2 is 2.32 bits per heavy atom. The lowest BCUT2D eigenvalue weighted by molar-refractivity contribution is -0.122. The Morgan fingerprint density at radius 3 is 3.14 bits per heavy atom. The van der Waals surface area contributed by atoms with Gasteiger partial charge in [-0.25, -0.2) is 0 Å². The van der Waals surface area contributed by atoms with Gasteiger partial charge < -0.3 is 14.6 Å². The molecule has 1 fully saturated rings. The monoisotopic (exact) mass is 318 g/mol. The number of hydrogen-bond donors (Lipinski definition) is 1. The predicted octanol–water partition coefficient (Wildman–Crippen LogP) is 2.06. The number of amides is 1. The summed E-state index contributed by atoms with van der Waals surface area (Å²) >= 11 is 6.01. The summed E-state index contributed by atoms with van der Waals surface area (Å²) < 4.78 is 7.58. The minimum absolute atomic E-state index is 0.0774. The summed E-state index contributed by atoms with van der Waals surface area (Å²) in [7, 11) is 0. The van der Waals surface area contributed by atoms with Gasteiger partial charge in [-0.15, -0.1) is 10.2 Å². The number of ether oxygens (including phenoxy) is 1. The zero-order valence-electron chi connectivity index (χ0n) is 11.8. The summed E-state index contributed by atoms with van der Waals surface area (Å²) in [5, 5.41) is 11.5. The molecule has 1 aromatic heterocycles. The molecule has 1 saturated carbocycles. The van der Waals surface area contributed by atoms with Gasteiger partial charge in [-0.3, -0.25) is 4.79 Å². The molecule has 2 aromatic rings. The van der Waals surface area contributed by atoms with Crippen LogP contribution in [0.3, 0.4) is 0 Å². The average Bonchev–Trinajstić information content (AvgIpc) is 3.10. The van der Waals surface area contributed by atoms with Crippen LogP contribution in [-0.4, -0.2) is 27.3 Å². The molecule has 6 nitrogen and oxygen atoms in total. The lowest BCUT2D eigenvalue weighted by Crippen LogP contribution is -2.30. The summed E-state index contributed by atoms with van der Waals surface area (Å²) in [6.07, 6.45) is 4.04. The third-order valence-corrected chi connectivity index (χ3v) is 4.31. The Balaban J connectivity index is 1.45. The van der Waals surface area contributed by atoms with Crippen molar-refractivity contribution in [2.75, 3.05) is 6.61 Å². The third kappa shape index (κ3) is 2.43. The van der Waals surface area contributed by atoms with E-state index in [1.807, 2.05) is 4.57 Å². The van der Waals surface area contributed by atoms with E-state index in [4.69, 9.17) is 16.3 Å². The SMILES string of the molecule is O=C(NCc1nncn1C1CC1)C1COc2ccc(Cl)cc21. The van der Waals surface area contributed by atoms with Crippen LogP contribution in [-0.2, 0) is 11.3 Å². The van der Waals surface area contributed by atoms with Crippen molar-refractivity contribution in [3.8, 4) is 5.75 Å². The van der Waals surface area contributed by atoms with E-state index in [0.29, 0.717) is 24.2 Å². The number of nitrogens with one attached hydrogen (secondary N) is 1. The van der Waals surface area contributed by atoms with Crippen molar-refractivity contribution in [3.05, 3.63) is 40.9 Å². The molecule has 1 N–H and O–H groups in total. The second-order valence-corrected chi connectivity index (χ2v) is 6.09. The van der Waals surface area contributed by atoms with Gasteiger partial charge in [-0.2, -0.15) is 0 Å². The van der Waals surface area contributed by atoms with Gasteiger partial charge in [0, 0.05) is 16.6 Å². The third-order valence-electron chi connectivity index (χ3n) is 4.08. The summed E-state index contributed by atoms with van der Waals surface area (Å²) in [6.45, 7) is 0.721. The number of aromatic nitrogens is 3. The first-order valence-corrected chi connectivity index (χ1v) is 7.68. The lowest BCUT2D eigenvalue weighted by atomic mass is 10.0. The fourth-order valence-electron chi connectivity index (χ4n) is 2.74. The van der Waals surface area contributed by atoms with Gasteiger partial charge >= 0.3 is 0 Å². The summed E-state index contributed by atoms with van der Waals surface area (Å²) in [5.41, 5.74) is 0.841. The van der Waals surface area contributed by atoms with Crippen LogP contribution in [0.2, 0.25) is 5.02 Å². The van der Waals surface area contributed by atoms with Crippen molar-refractivity contribution in [1.29, 1.82) is 0 Å². The zero-order chi connectivity index (χ0) is 15.1. The molecule has 1 aromatic carbocycles. The topological polar surface area (TPSA) is 69.0 Å². The van der Waals surface area contributed by atoms with Crippen LogP contribution >= 0.6 is 11.6 Å². The summed E-state index contributed by atoms with van der Waals surface area (Å²) in [5.74, 6) is 1.11. The van der Waals surface area contributed by atoms with Gasteiger partial charge in [-0.05, 0) is 31.0 Å². The molecule has 2 aliphatic rings. The highest BCUT2D eigenvalue weighted by atomic mass is 35.5. The largest absolute Gasteiger partial charge is 0.492 e. The van der Waals surface area contributed by atoms with E-state index in [9.17, 15) is 4.79 Å². The molecule has 2 heterocycles. The molecule has 114 valence electrons. The molecule has 22 heavy (non-hydrogen) atoms. The molecule has 1 aliphatic carbocycles. The van der Waals surface area contributed by atoms with Crippen molar-refractivity contribution in [1.82, 2.24) is 20.1 Å². The van der Waals surface area contributed by atoms with E-state index in [0.717, 1.165) is 30.0 Å². The highest BCUT2D eigenvalue weighted by Gasteiger charge is 2.31. The van der Waals surface area contributed by atoms with Gasteiger partial charge in [0.05, 0.1) is 6.54 Å². The highest BCUT2D eigenvalue weighted by molar-refractivity contribution is 6.30. The average molecular weight is 319 g/mol. The van der Waals surface area contributed by atoms with Crippen molar-refractivity contribution < 1.29 is 9.53 Å². The maximum absolute atomic E-state index is 12.4. The van der Waals surface area contributed by atoms with Crippen molar-refractivity contribution in [3.63, 3.8) is 0 Å². The number of nitrogens with zero attached hydrogens (tertiary/aromatic N) is 3. The van der Waals surface area contributed by atoms with E-state index in [2.05, 4.69) is 15.5 Å². The maximum Gasteiger partial charge on any atom is 0.231 e. The first-order chi connectivity index (χ1) is 10.7. The lowest BCUT2D eigenvalue weighted by Gasteiger charge is -2.11. The van der Waals surface area contributed by atoms with E-state index in [1.165, 1.54) is 0 Å². The molecule has 1 unspecified atom stereocenters. The summed E-state index contributed by atoms with van der Waals surface area (Å²) in [6, 6.07) is 5.85. The van der Waals surface area contributed by atoms with Gasteiger partial charge in [-0.1, -0.05) is 11.6 Å². The molecule has 1 aliphatic heterocycles. The van der Waals surface area contributed by atoms with Crippen LogP contribution in [0.15, 0.2) is 24.5 Å². The van der Waals surface area contributed by atoms with Gasteiger partial charge in [0.2, 0.25) is 5.91 Å². The molecule has 7 heteroatoms.